The lowest BCUT2D eigenvalue weighted by Crippen LogP contribution is -2.46. The van der Waals surface area contributed by atoms with Gasteiger partial charge in [-0.3, -0.25) is 0 Å². The van der Waals surface area contributed by atoms with Crippen LogP contribution in [0.4, 0.5) is 0 Å². The van der Waals surface area contributed by atoms with Crippen LogP contribution in [0.5, 0.6) is 0 Å². The third-order valence-corrected chi connectivity index (χ3v) is 6.20. The normalized spacial score (nSPS) is 16.3. The van der Waals surface area contributed by atoms with Crippen molar-refractivity contribution >= 4 is 34.5 Å². The lowest BCUT2D eigenvalue weighted by atomic mass is 9.95. The van der Waals surface area contributed by atoms with Gasteiger partial charge < -0.3 is 19.5 Å². The Kier molecular flexibility index (Phi) is 7.42. The molecule has 1 N–H and O–H groups in total. The Labute approximate surface area is 204 Å². The fraction of sp³-hybridized carbons (Fsp3) is 0.320. The summed E-state index contributed by atoms with van der Waals surface area (Å²) in [6.07, 6.45) is 0.851. The lowest BCUT2D eigenvalue weighted by Gasteiger charge is -2.37. The lowest BCUT2D eigenvalue weighted by molar-refractivity contribution is 0.141. The number of nitrogens with zero attached hydrogens (tertiary/aromatic N) is 3. The van der Waals surface area contributed by atoms with Gasteiger partial charge in [-0.2, -0.15) is 4.98 Å². The molecule has 1 aliphatic rings. The molecule has 0 spiro atoms. The number of aryl methyl sites for hydroxylation is 1. The van der Waals surface area contributed by atoms with Crippen molar-refractivity contribution in [1.82, 2.24) is 20.4 Å². The molecule has 2 heterocycles. The first-order chi connectivity index (χ1) is 16.0. The summed E-state index contributed by atoms with van der Waals surface area (Å²) in [6.45, 7) is 8.19. The molecule has 0 amide bonds. The van der Waals surface area contributed by atoms with Crippen molar-refractivity contribution < 1.29 is 9.26 Å². The quantitative estimate of drug-likeness (QED) is 0.322. The van der Waals surface area contributed by atoms with Crippen LogP contribution in [0.3, 0.4) is 0 Å². The minimum atomic E-state index is -0.233. The second kappa shape index (κ2) is 10.5. The molecule has 1 aliphatic heterocycles. The highest BCUT2D eigenvalue weighted by atomic mass is 35.5. The number of allylic oxidation sites excluding steroid dienone is 1. The molecule has 33 heavy (non-hydrogen) atoms. The van der Waals surface area contributed by atoms with Gasteiger partial charge >= 0.3 is 0 Å². The molecule has 0 aliphatic carbocycles. The summed E-state index contributed by atoms with van der Waals surface area (Å²) in [6, 6.07) is 15.5. The van der Waals surface area contributed by atoms with Crippen LogP contribution in [-0.2, 0) is 4.74 Å². The van der Waals surface area contributed by atoms with Crippen LogP contribution in [0.2, 0.25) is 5.02 Å². The van der Waals surface area contributed by atoms with Crippen LogP contribution >= 0.6 is 23.8 Å². The average Bonchev–Trinajstić information content (AvgIpc) is 3.28. The topological polar surface area (TPSA) is 63.4 Å². The van der Waals surface area contributed by atoms with E-state index in [1.807, 2.05) is 69.3 Å². The van der Waals surface area contributed by atoms with Gasteiger partial charge in [0.15, 0.2) is 5.11 Å². The third kappa shape index (κ3) is 5.27. The molecule has 0 saturated carbocycles. The number of hydrogen-bond acceptors (Lipinski definition) is 5. The summed E-state index contributed by atoms with van der Waals surface area (Å²) < 4.78 is 11.3. The van der Waals surface area contributed by atoms with Crippen LogP contribution < -0.4 is 5.32 Å². The van der Waals surface area contributed by atoms with E-state index in [9.17, 15) is 0 Å². The van der Waals surface area contributed by atoms with Gasteiger partial charge in [-0.1, -0.05) is 52.7 Å². The molecule has 0 radical (unpaired) electrons. The zero-order valence-electron chi connectivity index (χ0n) is 19.0. The summed E-state index contributed by atoms with van der Waals surface area (Å²) in [5.41, 5.74) is 4.95. The van der Waals surface area contributed by atoms with E-state index in [1.165, 1.54) is 0 Å². The highest BCUT2D eigenvalue weighted by molar-refractivity contribution is 7.80. The average molecular weight is 483 g/mol. The zero-order chi connectivity index (χ0) is 23.4. The van der Waals surface area contributed by atoms with Crippen LogP contribution in [0.1, 0.15) is 43.3 Å². The molecule has 1 aromatic heterocycles. The Morgan fingerprint density at radius 3 is 2.70 bits per heavy atom. The van der Waals surface area contributed by atoms with Gasteiger partial charge in [0.25, 0.3) is 5.89 Å². The number of rotatable bonds is 8. The maximum atomic E-state index is 6.13. The molecule has 172 valence electrons. The van der Waals surface area contributed by atoms with Crippen molar-refractivity contribution in [3.8, 4) is 11.4 Å². The molecule has 8 heteroatoms. The first-order valence-corrected chi connectivity index (χ1v) is 11.8. The monoisotopic (exact) mass is 482 g/mol. The second-order valence-electron chi connectivity index (χ2n) is 7.93. The number of benzene rings is 2. The van der Waals surface area contributed by atoms with E-state index in [4.69, 9.17) is 38.1 Å². The van der Waals surface area contributed by atoms with Crippen molar-refractivity contribution in [2.75, 3.05) is 19.8 Å². The van der Waals surface area contributed by atoms with Crippen LogP contribution in [0, 0.1) is 6.92 Å². The minimum Gasteiger partial charge on any atom is -0.382 e. The van der Waals surface area contributed by atoms with Gasteiger partial charge in [0.1, 0.15) is 0 Å². The Balaban J connectivity index is 1.74. The molecule has 6 nitrogen and oxygen atoms in total. The molecule has 4 rings (SSSR count). The first kappa shape index (κ1) is 23.4. The van der Waals surface area contributed by atoms with E-state index in [0.717, 1.165) is 40.9 Å². The van der Waals surface area contributed by atoms with Gasteiger partial charge in [0, 0.05) is 36.0 Å². The number of ether oxygens (including phenoxy) is 1. The van der Waals surface area contributed by atoms with Gasteiger partial charge in [0.05, 0.1) is 11.6 Å². The van der Waals surface area contributed by atoms with Gasteiger partial charge in [-0.25, -0.2) is 0 Å². The SMILES string of the molecule is CCOCCCN1C(=S)NC(c2ccc(Cl)cc2)C(c2nc(-c3cccc(C)c3)no2)=C1C. The third-order valence-electron chi connectivity index (χ3n) is 5.61. The molecule has 0 fully saturated rings. The minimum absolute atomic E-state index is 0.233. The predicted octanol–water partition coefficient (Wildman–Crippen LogP) is 5.79. The van der Waals surface area contributed by atoms with E-state index < -0.39 is 0 Å². The summed E-state index contributed by atoms with van der Waals surface area (Å²) in [5, 5.41) is 9.07. The maximum absolute atomic E-state index is 6.13. The fourth-order valence-electron chi connectivity index (χ4n) is 3.94. The van der Waals surface area contributed by atoms with Crippen LogP contribution in [0.25, 0.3) is 17.0 Å². The number of thiocarbonyl (C=S) groups is 1. The highest BCUT2D eigenvalue weighted by Gasteiger charge is 2.33. The molecule has 3 aromatic rings. The standard InChI is InChI=1S/C25H27ClN4O2S/c1-4-31-14-6-13-30-17(3)21(22(27-25(30)33)18-9-11-20(26)12-10-18)24-28-23(29-32-24)19-8-5-7-16(2)15-19/h5,7-12,15,22H,4,6,13-14H2,1-3H3,(H,27,33). The van der Waals surface area contributed by atoms with Crippen molar-refractivity contribution in [3.05, 3.63) is 76.3 Å². The Hall–Kier alpha value is -2.74. The number of halogens is 1. The summed E-state index contributed by atoms with van der Waals surface area (Å²) in [4.78, 5) is 6.84. The molecule has 0 bridgehead atoms. The Morgan fingerprint density at radius 1 is 1.18 bits per heavy atom. The molecule has 2 aromatic carbocycles. The number of hydrogen-bond donors (Lipinski definition) is 1. The largest absolute Gasteiger partial charge is 0.382 e. The smallest absolute Gasteiger partial charge is 0.258 e. The molecule has 0 saturated heterocycles. The molecular weight excluding hydrogens is 456 g/mol. The maximum Gasteiger partial charge on any atom is 0.258 e. The summed E-state index contributed by atoms with van der Waals surface area (Å²) in [7, 11) is 0. The van der Waals surface area contributed by atoms with E-state index >= 15 is 0 Å². The number of nitrogens with one attached hydrogen (secondary N) is 1. The van der Waals surface area contributed by atoms with Crippen molar-refractivity contribution in [2.24, 2.45) is 0 Å². The van der Waals surface area contributed by atoms with E-state index in [-0.39, 0.29) is 6.04 Å². The molecule has 1 atom stereocenters. The van der Waals surface area contributed by atoms with Crippen LogP contribution in [0.15, 0.2) is 58.8 Å². The van der Waals surface area contributed by atoms with Crippen LogP contribution in [-0.4, -0.2) is 39.9 Å². The van der Waals surface area contributed by atoms with E-state index in [1.54, 1.807) is 0 Å². The first-order valence-electron chi connectivity index (χ1n) is 11.0. The summed E-state index contributed by atoms with van der Waals surface area (Å²) >= 11 is 11.9. The van der Waals surface area contributed by atoms with Crippen molar-refractivity contribution in [2.45, 2.75) is 33.2 Å². The number of aromatic nitrogens is 2. The summed E-state index contributed by atoms with van der Waals surface area (Å²) in [5.74, 6) is 1.02. The zero-order valence-corrected chi connectivity index (χ0v) is 20.5. The van der Waals surface area contributed by atoms with Gasteiger partial charge in [0.2, 0.25) is 5.82 Å². The Bertz CT molecular complexity index is 1160. The second-order valence-corrected chi connectivity index (χ2v) is 8.75. The van der Waals surface area contributed by atoms with E-state index in [2.05, 4.69) is 15.4 Å². The highest BCUT2D eigenvalue weighted by Crippen LogP contribution is 2.37. The fourth-order valence-corrected chi connectivity index (χ4v) is 4.41. The Morgan fingerprint density at radius 2 is 1.97 bits per heavy atom. The molecule has 1 unspecified atom stereocenters. The van der Waals surface area contributed by atoms with Crippen molar-refractivity contribution in [1.29, 1.82) is 0 Å². The van der Waals surface area contributed by atoms with Gasteiger partial charge in [-0.05, 0) is 63.2 Å². The van der Waals surface area contributed by atoms with Crippen molar-refractivity contribution in [3.63, 3.8) is 0 Å². The van der Waals surface area contributed by atoms with Gasteiger partial charge in [-0.15, -0.1) is 0 Å². The molecular formula is C25H27ClN4O2S. The van der Waals surface area contributed by atoms with E-state index in [0.29, 0.717) is 35.1 Å². The predicted molar refractivity (Wildman–Crippen MR) is 135 cm³/mol.